The largest absolute Gasteiger partial charge is 0.386 e. The van der Waals surface area contributed by atoms with Gasteiger partial charge < -0.3 is 20.7 Å². The van der Waals surface area contributed by atoms with E-state index in [2.05, 4.69) is 16.0 Å². The molecule has 1 unspecified atom stereocenters. The van der Waals surface area contributed by atoms with Crippen molar-refractivity contribution in [2.45, 2.75) is 31.2 Å². The normalized spacial score (nSPS) is 17.3. The number of anilines is 2. The molecule has 1 heterocycles. The van der Waals surface area contributed by atoms with E-state index in [1.54, 1.807) is 33.0 Å². The molecule has 1 aromatic carbocycles. The average molecular weight is 421 g/mol. The number of hydrogen-bond donors (Lipinski definition) is 3. The van der Waals surface area contributed by atoms with Crippen molar-refractivity contribution in [3.8, 4) is 0 Å². The second-order valence-corrected chi connectivity index (χ2v) is 7.96. The van der Waals surface area contributed by atoms with Gasteiger partial charge in [-0.05, 0) is 18.2 Å². The highest BCUT2D eigenvalue weighted by atomic mass is 35.5. The van der Waals surface area contributed by atoms with Gasteiger partial charge in [-0.25, -0.2) is 8.42 Å². The van der Waals surface area contributed by atoms with Gasteiger partial charge >= 0.3 is 0 Å². The SMILES string of the molecule is CCN(CC)S(=O)(=O)c1ccc(NC)c(NC(=O)CC2COCCN2)c1.Cl. The lowest BCUT2D eigenvalue weighted by molar-refractivity contribution is -0.117. The molecule has 0 spiro atoms. The maximum Gasteiger partial charge on any atom is 0.243 e. The zero-order chi connectivity index (χ0) is 19.2. The van der Waals surface area contributed by atoms with Crippen molar-refractivity contribution in [1.82, 2.24) is 9.62 Å². The summed E-state index contributed by atoms with van der Waals surface area (Å²) in [7, 11) is -1.87. The number of ether oxygens (including phenoxy) is 1. The first-order valence-corrected chi connectivity index (χ1v) is 10.3. The molecule has 0 saturated carbocycles. The predicted octanol–water partition coefficient (Wildman–Crippen LogP) is 1.50. The number of carbonyl (C=O) groups is 1. The van der Waals surface area contributed by atoms with Crippen molar-refractivity contribution < 1.29 is 17.9 Å². The van der Waals surface area contributed by atoms with E-state index >= 15 is 0 Å². The van der Waals surface area contributed by atoms with E-state index in [0.29, 0.717) is 37.7 Å². The molecule has 0 aromatic heterocycles. The van der Waals surface area contributed by atoms with Crippen LogP contribution in [0.5, 0.6) is 0 Å². The van der Waals surface area contributed by atoms with Gasteiger partial charge in [-0.1, -0.05) is 13.8 Å². The number of carbonyl (C=O) groups excluding carboxylic acids is 1. The summed E-state index contributed by atoms with van der Waals surface area (Å²) in [5, 5.41) is 9.02. The number of amides is 1. The standard InChI is InChI=1S/C17H28N4O4S.ClH/c1-4-21(5-2)26(23,24)14-6-7-15(18-3)16(11-14)20-17(22)10-13-12-25-9-8-19-13;/h6-7,11,13,18-19H,4-5,8-10,12H2,1-3H3,(H,20,22);1H. The average Bonchev–Trinajstić information content (AvgIpc) is 2.63. The van der Waals surface area contributed by atoms with E-state index in [-0.39, 0.29) is 35.7 Å². The minimum Gasteiger partial charge on any atom is -0.386 e. The van der Waals surface area contributed by atoms with Crippen LogP contribution in [0.25, 0.3) is 0 Å². The molecule has 27 heavy (non-hydrogen) atoms. The second kappa shape index (κ2) is 10.8. The van der Waals surface area contributed by atoms with Gasteiger partial charge in [0.05, 0.1) is 29.5 Å². The molecule has 1 amide bonds. The van der Waals surface area contributed by atoms with E-state index in [9.17, 15) is 13.2 Å². The molecular weight excluding hydrogens is 392 g/mol. The molecule has 10 heteroatoms. The molecule has 1 aliphatic heterocycles. The first-order valence-electron chi connectivity index (χ1n) is 8.85. The number of hydrogen-bond acceptors (Lipinski definition) is 6. The summed E-state index contributed by atoms with van der Waals surface area (Å²) < 4.78 is 32.2. The highest BCUT2D eigenvalue weighted by Crippen LogP contribution is 2.27. The van der Waals surface area contributed by atoms with Crippen LogP contribution in [0.4, 0.5) is 11.4 Å². The van der Waals surface area contributed by atoms with Crippen molar-refractivity contribution >= 4 is 39.7 Å². The molecule has 0 bridgehead atoms. The fraction of sp³-hybridized carbons (Fsp3) is 0.588. The quantitative estimate of drug-likeness (QED) is 0.589. The molecule has 0 radical (unpaired) electrons. The van der Waals surface area contributed by atoms with E-state index in [4.69, 9.17) is 4.74 Å². The van der Waals surface area contributed by atoms with Crippen molar-refractivity contribution in [3.05, 3.63) is 18.2 Å². The van der Waals surface area contributed by atoms with Crippen LogP contribution in [0, 0.1) is 0 Å². The van der Waals surface area contributed by atoms with Crippen molar-refractivity contribution in [2.24, 2.45) is 0 Å². The Morgan fingerprint density at radius 3 is 2.56 bits per heavy atom. The molecule has 1 fully saturated rings. The van der Waals surface area contributed by atoms with Crippen LogP contribution < -0.4 is 16.0 Å². The minimum absolute atomic E-state index is 0. The number of benzene rings is 1. The molecule has 1 saturated heterocycles. The van der Waals surface area contributed by atoms with Gasteiger partial charge in [-0.15, -0.1) is 12.4 Å². The van der Waals surface area contributed by atoms with Gasteiger partial charge in [0.2, 0.25) is 15.9 Å². The summed E-state index contributed by atoms with van der Waals surface area (Å²) in [4.78, 5) is 12.5. The molecule has 0 aliphatic carbocycles. The van der Waals surface area contributed by atoms with Crippen LogP contribution in [-0.4, -0.2) is 64.6 Å². The summed E-state index contributed by atoms with van der Waals surface area (Å²) >= 11 is 0. The van der Waals surface area contributed by atoms with Crippen LogP contribution >= 0.6 is 12.4 Å². The summed E-state index contributed by atoms with van der Waals surface area (Å²) in [6.45, 7) is 6.23. The van der Waals surface area contributed by atoms with Gasteiger partial charge in [0.1, 0.15) is 0 Å². The molecule has 3 N–H and O–H groups in total. The van der Waals surface area contributed by atoms with Gasteiger partial charge in [-0.3, -0.25) is 4.79 Å². The molecule has 1 aliphatic rings. The first kappa shape index (κ1) is 23.6. The zero-order valence-corrected chi connectivity index (χ0v) is 17.6. The molecule has 1 atom stereocenters. The molecule has 154 valence electrons. The van der Waals surface area contributed by atoms with E-state index in [1.165, 1.54) is 10.4 Å². The fourth-order valence-electron chi connectivity index (χ4n) is 2.89. The number of sulfonamides is 1. The highest BCUT2D eigenvalue weighted by Gasteiger charge is 2.23. The molecule has 8 nitrogen and oxygen atoms in total. The molecular formula is C17H29ClN4O4S. The second-order valence-electron chi connectivity index (χ2n) is 6.02. The number of halogens is 1. The Morgan fingerprint density at radius 1 is 1.30 bits per heavy atom. The smallest absolute Gasteiger partial charge is 0.243 e. The molecule has 1 aromatic rings. The van der Waals surface area contributed by atoms with Gasteiger partial charge in [-0.2, -0.15) is 4.31 Å². The third kappa shape index (κ3) is 6.05. The van der Waals surface area contributed by atoms with Gasteiger partial charge in [0.15, 0.2) is 0 Å². The Morgan fingerprint density at radius 2 is 2.00 bits per heavy atom. The van der Waals surface area contributed by atoms with Crippen LogP contribution in [0.3, 0.4) is 0 Å². The lowest BCUT2D eigenvalue weighted by Gasteiger charge is -2.23. The number of morpholine rings is 1. The van der Waals surface area contributed by atoms with Gasteiger partial charge in [0.25, 0.3) is 0 Å². The van der Waals surface area contributed by atoms with E-state index in [1.807, 2.05) is 0 Å². The van der Waals surface area contributed by atoms with Crippen LogP contribution in [-0.2, 0) is 19.6 Å². The fourth-order valence-corrected chi connectivity index (χ4v) is 4.38. The summed E-state index contributed by atoms with van der Waals surface area (Å²) in [6.07, 6.45) is 0.260. The Hall–Kier alpha value is -1.39. The van der Waals surface area contributed by atoms with E-state index < -0.39 is 10.0 Å². The topological polar surface area (TPSA) is 99.8 Å². The summed E-state index contributed by atoms with van der Waals surface area (Å²) in [5.41, 5.74) is 1.10. The zero-order valence-electron chi connectivity index (χ0n) is 15.9. The summed E-state index contributed by atoms with van der Waals surface area (Å²) in [5.74, 6) is -0.193. The first-order chi connectivity index (χ1) is 12.4. The Balaban J connectivity index is 0.00000364. The Kier molecular flexibility index (Phi) is 9.48. The number of nitrogens with zero attached hydrogens (tertiary/aromatic N) is 1. The lowest BCUT2D eigenvalue weighted by Crippen LogP contribution is -2.43. The maximum atomic E-state index is 12.7. The Bertz CT molecular complexity index is 720. The maximum absolute atomic E-state index is 12.7. The molecule has 2 rings (SSSR count). The number of rotatable bonds is 8. The van der Waals surface area contributed by atoms with Gasteiger partial charge in [0, 0.05) is 39.1 Å². The highest BCUT2D eigenvalue weighted by molar-refractivity contribution is 7.89. The van der Waals surface area contributed by atoms with Crippen molar-refractivity contribution in [1.29, 1.82) is 0 Å². The monoisotopic (exact) mass is 420 g/mol. The van der Waals surface area contributed by atoms with E-state index in [0.717, 1.165) is 6.54 Å². The van der Waals surface area contributed by atoms with Crippen LogP contribution in [0.2, 0.25) is 0 Å². The van der Waals surface area contributed by atoms with Crippen molar-refractivity contribution in [3.63, 3.8) is 0 Å². The number of nitrogens with one attached hydrogen (secondary N) is 3. The Labute approximate surface area is 167 Å². The van der Waals surface area contributed by atoms with Crippen LogP contribution in [0.1, 0.15) is 20.3 Å². The minimum atomic E-state index is -3.59. The third-order valence-electron chi connectivity index (χ3n) is 4.31. The summed E-state index contributed by atoms with van der Waals surface area (Å²) in [6, 6.07) is 4.67. The van der Waals surface area contributed by atoms with Crippen molar-refractivity contribution in [2.75, 3.05) is 50.5 Å². The predicted molar refractivity (Wildman–Crippen MR) is 109 cm³/mol. The van der Waals surface area contributed by atoms with Crippen LogP contribution in [0.15, 0.2) is 23.1 Å². The lowest BCUT2D eigenvalue weighted by atomic mass is 10.2. The third-order valence-corrected chi connectivity index (χ3v) is 6.35.